The van der Waals surface area contributed by atoms with Crippen molar-refractivity contribution in [3.05, 3.63) is 23.2 Å². The highest BCUT2D eigenvalue weighted by Gasteiger charge is 2.05. The van der Waals surface area contributed by atoms with Gasteiger partial charge in [-0.15, -0.1) is 11.6 Å². The predicted octanol–water partition coefficient (Wildman–Crippen LogP) is 2.58. The van der Waals surface area contributed by atoms with E-state index in [1.807, 2.05) is 25.1 Å². The highest BCUT2D eigenvalue weighted by Crippen LogP contribution is 2.27. The molecule has 0 aliphatic heterocycles. The average molecular weight is 247 g/mol. The zero-order valence-corrected chi connectivity index (χ0v) is 10.1. The molecular formula is C10H12Cl2N2O. The molecule has 3 nitrogen and oxygen atoms in total. The Hall–Kier alpha value is -0.930. The van der Waals surface area contributed by atoms with Gasteiger partial charge in [-0.3, -0.25) is 4.79 Å². The molecule has 1 aromatic carbocycles. The summed E-state index contributed by atoms with van der Waals surface area (Å²) in [6.07, 6.45) is 0. The molecule has 0 atom stereocenters. The van der Waals surface area contributed by atoms with Crippen LogP contribution in [0.15, 0.2) is 18.2 Å². The van der Waals surface area contributed by atoms with E-state index >= 15 is 0 Å². The molecule has 0 aromatic heterocycles. The van der Waals surface area contributed by atoms with Gasteiger partial charge in [0.05, 0.1) is 10.7 Å². The summed E-state index contributed by atoms with van der Waals surface area (Å²) in [6, 6.07) is 5.32. The number of rotatable bonds is 3. The Morgan fingerprint density at radius 3 is 2.60 bits per heavy atom. The number of carbonyl (C=O) groups excluding carboxylic acids is 1. The topological polar surface area (TPSA) is 32.3 Å². The summed E-state index contributed by atoms with van der Waals surface area (Å²) >= 11 is 11.4. The second kappa shape index (κ2) is 5.24. The smallest absolute Gasteiger partial charge is 0.239 e. The van der Waals surface area contributed by atoms with E-state index in [9.17, 15) is 4.79 Å². The molecule has 0 saturated heterocycles. The van der Waals surface area contributed by atoms with Crippen LogP contribution in [0.1, 0.15) is 0 Å². The number of anilines is 2. The first-order valence-electron chi connectivity index (χ1n) is 4.37. The van der Waals surface area contributed by atoms with Crippen molar-refractivity contribution in [3.8, 4) is 0 Å². The summed E-state index contributed by atoms with van der Waals surface area (Å²) < 4.78 is 0. The first-order chi connectivity index (χ1) is 7.04. The van der Waals surface area contributed by atoms with Crippen LogP contribution in [0, 0.1) is 0 Å². The van der Waals surface area contributed by atoms with E-state index in [4.69, 9.17) is 23.2 Å². The third-order valence-electron chi connectivity index (χ3n) is 1.83. The molecule has 1 rings (SSSR count). The zero-order valence-electron chi connectivity index (χ0n) is 8.55. The van der Waals surface area contributed by atoms with Crippen LogP contribution in [0.5, 0.6) is 0 Å². The molecular weight excluding hydrogens is 235 g/mol. The summed E-state index contributed by atoms with van der Waals surface area (Å²) in [5, 5.41) is 3.21. The molecule has 0 spiro atoms. The number of carbonyl (C=O) groups is 1. The summed E-state index contributed by atoms with van der Waals surface area (Å²) in [4.78, 5) is 12.9. The lowest BCUT2D eigenvalue weighted by atomic mass is 10.2. The van der Waals surface area contributed by atoms with E-state index in [-0.39, 0.29) is 11.8 Å². The monoisotopic (exact) mass is 246 g/mol. The second-order valence-corrected chi connectivity index (χ2v) is 3.92. The minimum Gasteiger partial charge on any atom is -0.376 e. The quantitative estimate of drug-likeness (QED) is 0.832. The summed E-state index contributed by atoms with van der Waals surface area (Å²) in [5.41, 5.74) is 1.55. The maximum atomic E-state index is 11.0. The highest BCUT2D eigenvalue weighted by molar-refractivity contribution is 6.33. The largest absolute Gasteiger partial charge is 0.376 e. The summed E-state index contributed by atoms with van der Waals surface area (Å²) in [6.45, 7) is 0. The molecule has 0 saturated carbocycles. The standard InChI is InChI=1S/C10H12Cl2N2O/c1-14(2)9-4-3-7(5-8(9)12)13-10(15)6-11/h3-5H,6H2,1-2H3,(H,13,15). The molecule has 0 heterocycles. The van der Waals surface area contributed by atoms with Crippen LogP contribution in [-0.4, -0.2) is 25.9 Å². The minimum atomic E-state index is -0.245. The lowest BCUT2D eigenvalue weighted by Gasteiger charge is -2.15. The Morgan fingerprint density at radius 1 is 1.47 bits per heavy atom. The van der Waals surface area contributed by atoms with Crippen molar-refractivity contribution in [2.24, 2.45) is 0 Å². The Kier molecular flexibility index (Phi) is 4.24. The van der Waals surface area contributed by atoms with Crippen LogP contribution in [-0.2, 0) is 4.79 Å². The average Bonchev–Trinajstić information content (AvgIpc) is 2.17. The molecule has 0 radical (unpaired) electrons. The number of nitrogens with one attached hydrogen (secondary N) is 1. The van der Waals surface area contributed by atoms with Crippen molar-refractivity contribution in [2.45, 2.75) is 0 Å². The molecule has 1 N–H and O–H groups in total. The molecule has 0 aliphatic rings. The third-order valence-corrected chi connectivity index (χ3v) is 2.38. The fraction of sp³-hybridized carbons (Fsp3) is 0.300. The van der Waals surface area contributed by atoms with E-state index in [1.165, 1.54) is 0 Å². The molecule has 1 aromatic rings. The lowest BCUT2D eigenvalue weighted by molar-refractivity contribution is -0.113. The number of benzene rings is 1. The van der Waals surface area contributed by atoms with Crippen LogP contribution >= 0.6 is 23.2 Å². The molecule has 0 fully saturated rings. The fourth-order valence-corrected chi connectivity index (χ4v) is 1.56. The number of halogens is 2. The van der Waals surface area contributed by atoms with Gasteiger partial charge in [-0.1, -0.05) is 11.6 Å². The van der Waals surface area contributed by atoms with E-state index in [1.54, 1.807) is 12.1 Å². The van der Waals surface area contributed by atoms with Crippen LogP contribution in [0.2, 0.25) is 5.02 Å². The van der Waals surface area contributed by atoms with Crippen molar-refractivity contribution >= 4 is 40.5 Å². The Bertz CT molecular complexity index is 366. The van der Waals surface area contributed by atoms with Crippen LogP contribution in [0.3, 0.4) is 0 Å². The molecule has 0 unspecified atom stereocenters. The van der Waals surface area contributed by atoms with Crippen molar-refractivity contribution in [1.82, 2.24) is 0 Å². The van der Waals surface area contributed by atoms with Gasteiger partial charge in [-0.05, 0) is 18.2 Å². The maximum absolute atomic E-state index is 11.0. The van der Waals surface area contributed by atoms with Crippen LogP contribution < -0.4 is 10.2 Å². The van der Waals surface area contributed by atoms with E-state index < -0.39 is 0 Å². The molecule has 15 heavy (non-hydrogen) atoms. The molecule has 1 amide bonds. The van der Waals surface area contributed by atoms with Gasteiger partial charge in [0.1, 0.15) is 5.88 Å². The van der Waals surface area contributed by atoms with Crippen molar-refractivity contribution < 1.29 is 4.79 Å². The molecule has 5 heteroatoms. The summed E-state index contributed by atoms with van der Waals surface area (Å²) in [5.74, 6) is -0.308. The van der Waals surface area contributed by atoms with Crippen molar-refractivity contribution in [3.63, 3.8) is 0 Å². The van der Waals surface area contributed by atoms with Gasteiger partial charge in [-0.2, -0.15) is 0 Å². The van der Waals surface area contributed by atoms with Gasteiger partial charge in [0.2, 0.25) is 5.91 Å². The maximum Gasteiger partial charge on any atom is 0.239 e. The van der Waals surface area contributed by atoms with Crippen LogP contribution in [0.4, 0.5) is 11.4 Å². The normalized spacial score (nSPS) is 9.87. The Balaban J connectivity index is 2.87. The zero-order chi connectivity index (χ0) is 11.4. The first-order valence-corrected chi connectivity index (χ1v) is 5.28. The van der Waals surface area contributed by atoms with E-state index in [0.29, 0.717) is 10.7 Å². The number of hydrogen-bond donors (Lipinski definition) is 1. The SMILES string of the molecule is CN(C)c1ccc(NC(=O)CCl)cc1Cl. The van der Waals surface area contributed by atoms with Gasteiger partial charge < -0.3 is 10.2 Å². The van der Waals surface area contributed by atoms with Gasteiger partial charge in [0.25, 0.3) is 0 Å². The van der Waals surface area contributed by atoms with E-state index in [0.717, 1.165) is 5.69 Å². The number of alkyl halides is 1. The number of amides is 1. The Labute approximate surface area is 99.0 Å². The first kappa shape index (κ1) is 12.1. The minimum absolute atomic E-state index is 0.0624. The predicted molar refractivity (Wildman–Crippen MR) is 65.1 cm³/mol. The van der Waals surface area contributed by atoms with Crippen molar-refractivity contribution in [2.75, 3.05) is 30.2 Å². The number of hydrogen-bond acceptors (Lipinski definition) is 2. The van der Waals surface area contributed by atoms with Gasteiger partial charge >= 0.3 is 0 Å². The Morgan fingerprint density at radius 2 is 2.13 bits per heavy atom. The van der Waals surface area contributed by atoms with E-state index in [2.05, 4.69) is 5.32 Å². The van der Waals surface area contributed by atoms with Gasteiger partial charge in [-0.25, -0.2) is 0 Å². The molecule has 82 valence electrons. The fourth-order valence-electron chi connectivity index (χ4n) is 1.14. The lowest BCUT2D eigenvalue weighted by Crippen LogP contribution is -2.13. The third kappa shape index (κ3) is 3.29. The van der Waals surface area contributed by atoms with Crippen molar-refractivity contribution in [1.29, 1.82) is 0 Å². The number of nitrogens with zero attached hydrogens (tertiary/aromatic N) is 1. The van der Waals surface area contributed by atoms with Crippen LogP contribution in [0.25, 0.3) is 0 Å². The van der Waals surface area contributed by atoms with Gasteiger partial charge in [0.15, 0.2) is 0 Å². The van der Waals surface area contributed by atoms with Gasteiger partial charge in [0, 0.05) is 19.8 Å². The molecule has 0 aliphatic carbocycles. The summed E-state index contributed by atoms with van der Waals surface area (Å²) in [7, 11) is 3.80. The second-order valence-electron chi connectivity index (χ2n) is 3.24. The molecule has 0 bridgehead atoms. The highest BCUT2D eigenvalue weighted by atomic mass is 35.5.